The average molecular weight is 517 g/mol. The summed E-state index contributed by atoms with van der Waals surface area (Å²) in [5, 5.41) is 9.57. The largest absolute Gasteiger partial charge is 0.394 e. The number of amides is 2. The summed E-state index contributed by atoms with van der Waals surface area (Å²) < 4.78 is 5.87. The zero-order chi connectivity index (χ0) is 26.9. The highest BCUT2D eigenvalue weighted by molar-refractivity contribution is 5.90. The van der Waals surface area contributed by atoms with Gasteiger partial charge < -0.3 is 19.6 Å². The molecule has 6 nitrogen and oxygen atoms in total. The molecule has 2 spiro atoms. The van der Waals surface area contributed by atoms with Crippen LogP contribution in [-0.4, -0.2) is 52.0 Å². The van der Waals surface area contributed by atoms with Crippen molar-refractivity contribution in [3.05, 3.63) is 71.8 Å². The highest BCUT2D eigenvalue weighted by Gasteiger charge is 2.73. The minimum Gasteiger partial charge on any atom is -0.394 e. The third-order valence-electron chi connectivity index (χ3n) is 10.3. The van der Waals surface area contributed by atoms with E-state index < -0.39 is 0 Å². The van der Waals surface area contributed by atoms with E-state index in [0.29, 0.717) is 19.1 Å². The molecule has 2 aliphatic carbocycles. The maximum Gasteiger partial charge on any atom is 0.232 e. The van der Waals surface area contributed by atoms with Gasteiger partial charge in [-0.15, -0.1) is 0 Å². The summed E-state index contributed by atoms with van der Waals surface area (Å²) in [6, 6.07) is 20.4. The summed E-state index contributed by atoms with van der Waals surface area (Å²) in [6.07, 6.45) is 3.60. The van der Waals surface area contributed by atoms with Crippen LogP contribution in [0.2, 0.25) is 0 Å². The van der Waals surface area contributed by atoms with E-state index in [1.807, 2.05) is 70.5 Å². The van der Waals surface area contributed by atoms with Gasteiger partial charge in [-0.25, -0.2) is 0 Å². The number of benzene rings is 2. The van der Waals surface area contributed by atoms with Crippen molar-refractivity contribution in [1.82, 2.24) is 9.80 Å². The summed E-state index contributed by atoms with van der Waals surface area (Å²) in [5.74, 6) is 0.550. The fourth-order valence-corrected chi connectivity index (χ4v) is 7.63. The van der Waals surface area contributed by atoms with Crippen molar-refractivity contribution in [2.24, 2.45) is 21.7 Å². The lowest BCUT2D eigenvalue weighted by atomic mass is 9.92. The maximum atomic E-state index is 12.8. The minimum absolute atomic E-state index is 0.0190. The van der Waals surface area contributed by atoms with Crippen LogP contribution < -0.4 is 0 Å². The molecule has 3 saturated heterocycles. The molecule has 0 unspecified atom stereocenters. The Labute approximate surface area is 226 Å². The number of carbonyl (C=O) groups excluding carboxylic acids is 2. The summed E-state index contributed by atoms with van der Waals surface area (Å²) in [7, 11) is 0. The van der Waals surface area contributed by atoms with E-state index in [4.69, 9.17) is 4.74 Å². The fourth-order valence-electron chi connectivity index (χ4n) is 7.63. The predicted molar refractivity (Wildman–Crippen MR) is 145 cm³/mol. The predicted octanol–water partition coefficient (Wildman–Crippen LogP) is 4.93. The molecule has 1 N–H and O–H groups in total. The van der Waals surface area contributed by atoms with E-state index in [1.54, 1.807) is 0 Å². The van der Waals surface area contributed by atoms with Gasteiger partial charge in [0.2, 0.25) is 11.8 Å². The molecule has 202 valence electrons. The summed E-state index contributed by atoms with van der Waals surface area (Å²) >= 11 is 0. The fraction of sp³-hybridized carbons (Fsp3) is 0.562. The Hall–Kier alpha value is -2.70. The van der Waals surface area contributed by atoms with Gasteiger partial charge >= 0.3 is 0 Å². The van der Waals surface area contributed by atoms with Crippen molar-refractivity contribution in [3.63, 3.8) is 0 Å². The molecule has 3 heterocycles. The second kappa shape index (κ2) is 8.65. The molecule has 0 radical (unpaired) electrons. The first-order valence-corrected chi connectivity index (χ1v) is 14.0. The quantitative estimate of drug-likeness (QED) is 0.626. The molecule has 5 aliphatic rings. The number of rotatable bonds is 4. The number of fused-ring (bicyclic) bond motifs is 1. The van der Waals surface area contributed by atoms with Crippen LogP contribution in [0.4, 0.5) is 0 Å². The van der Waals surface area contributed by atoms with Crippen LogP contribution in [-0.2, 0) is 20.9 Å². The number of aliphatic hydroxyl groups excluding tert-OH is 1. The molecule has 6 heteroatoms. The van der Waals surface area contributed by atoms with Crippen molar-refractivity contribution in [2.75, 3.05) is 13.2 Å². The first-order chi connectivity index (χ1) is 18.1. The van der Waals surface area contributed by atoms with Crippen molar-refractivity contribution in [2.45, 2.75) is 78.2 Å². The molecule has 3 aliphatic heterocycles. The summed E-state index contributed by atoms with van der Waals surface area (Å²) in [5.41, 5.74) is 2.21. The molecule has 2 saturated carbocycles. The molecule has 38 heavy (non-hydrogen) atoms. The zero-order valence-corrected chi connectivity index (χ0v) is 23.0. The summed E-state index contributed by atoms with van der Waals surface area (Å²) in [4.78, 5) is 29.4. The number of hydrogen-bond acceptors (Lipinski definition) is 4. The van der Waals surface area contributed by atoms with E-state index in [-0.39, 0.29) is 52.5 Å². The molecule has 0 aromatic heterocycles. The van der Waals surface area contributed by atoms with Gasteiger partial charge in [0.05, 0.1) is 36.1 Å². The smallest absolute Gasteiger partial charge is 0.232 e. The lowest BCUT2D eigenvalue weighted by Gasteiger charge is -2.23. The summed E-state index contributed by atoms with van der Waals surface area (Å²) in [6.45, 7) is 10.1. The van der Waals surface area contributed by atoms with Crippen molar-refractivity contribution in [3.8, 4) is 0 Å². The van der Waals surface area contributed by atoms with E-state index in [0.717, 1.165) is 36.8 Å². The zero-order valence-electron chi connectivity index (χ0n) is 23.0. The molecule has 5 fully saturated rings. The number of ether oxygens (including phenoxy) is 1. The van der Waals surface area contributed by atoms with Crippen LogP contribution in [0, 0.1) is 21.7 Å². The number of carbonyl (C=O) groups is 2. The number of nitrogens with zero attached hydrogens (tertiary/aromatic N) is 2. The van der Waals surface area contributed by atoms with Gasteiger partial charge in [0.15, 0.2) is 6.23 Å². The van der Waals surface area contributed by atoms with Gasteiger partial charge in [0.25, 0.3) is 0 Å². The monoisotopic (exact) mass is 516 g/mol. The lowest BCUT2D eigenvalue weighted by Crippen LogP contribution is -2.36. The van der Waals surface area contributed by atoms with Crippen LogP contribution in [0.5, 0.6) is 0 Å². The molecule has 2 aromatic carbocycles. The van der Waals surface area contributed by atoms with Crippen LogP contribution in [0.3, 0.4) is 0 Å². The van der Waals surface area contributed by atoms with E-state index in [1.165, 1.54) is 0 Å². The van der Waals surface area contributed by atoms with Crippen LogP contribution in [0.25, 0.3) is 0 Å². The van der Waals surface area contributed by atoms with Gasteiger partial charge in [-0.05, 0) is 42.1 Å². The molecular weight excluding hydrogens is 476 g/mol. The van der Waals surface area contributed by atoms with Gasteiger partial charge in [0, 0.05) is 12.1 Å². The Bertz CT molecular complexity index is 1210. The first-order valence-electron chi connectivity index (χ1n) is 14.0. The van der Waals surface area contributed by atoms with Crippen LogP contribution in [0.1, 0.15) is 70.7 Å². The first kappa shape index (κ1) is 25.6. The Kier molecular flexibility index (Phi) is 5.82. The Morgan fingerprint density at radius 2 is 1.39 bits per heavy atom. The second-order valence-corrected chi connectivity index (χ2v) is 13.4. The van der Waals surface area contributed by atoms with Gasteiger partial charge in [-0.1, -0.05) is 88.4 Å². The Morgan fingerprint density at radius 1 is 0.842 bits per heavy atom. The Balaban J connectivity index is 0.000000139. The van der Waals surface area contributed by atoms with Crippen molar-refractivity contribution >= 4 is 11.8 Å². The van der Waals surface area contributed by atoms with Crippen molar-refractivity contribution < 1.29 is 19.4 Å². The van der Waals surface area contributed by atoms with E-state index >= 15 is 0 Å². The maximum absolute atomic E-state index is 12.8. The topological polar surface area (TPSA) is 70.1 Å². The lowest BCUT2D eigenvalue weighted by molar-refractivity contribution is -0.139. The standard InChI is InChI=1S/C16H19NO2.C16H21NO2/c1-15(2)10-16(15)8-12-9-19-13(17(12)14(16)18)11-6-4-3-5-7-11;1-15(2)11-16(15)8-13(10-18)17(14(16)19)9-12-6-4-3-5-7-12/h3-7,12-13H,8-10H2,1-2H3;3-7,13,18H,8-11H2,1-2H3/t12-,13+,16-;13-,16-/m00/s1. The molecule has 7 rings (SSSR count). The van der Waals surface area contributed by atoms with Gasteiger partial charge in [-0.3, -0.25) is 9.59 Å². The van der Waals surface area contributed by atoms with E-state index in [2.05, 4.69) is 27.7 Å². The minimum atomic E-state index is -0.199. The Morgan fingerprint density at radius 3 is 1.95 bits per heavy atom. The molecule has 5 atom stereocenters. The van der Waals surface area contributed by atoms with Crippen LogP contribution in [0.15, 0.2) is 60.7 Å². The van der Waals surface area contributed by atoms with Crippen molar-refractivity contribution in [1.29, 1.82) is 0 Å². The van der Waals surface area contributed by atoms with Crippen LogP contribution >= 0.6 is 0 Å². The highest BCUT2D eigenvalue weighted by Crippen LogP contribution is 2.71. The van der Waals surface area contributed by atoms with Gasteiger partial charge in [0.1, 0.15) is 0 Å². The van der Waals surface area contributed by atoms with Gasteiger partial charge in [-0.2, -0.15) is 0 Å². The SMILES string of the molecule is CC1(C)C[C@]12C[C@@H](CO)N(Cc1ccccc1)C2=O.CC1(C)C[C@]12C[C@H]1CO[C@H](c3ccccc3)N1C2=O. The molecule has 2 aromatic rings. The normalized spacial score (nSPS) is 35.4. The molecular formula is C32H40N2O4. The number of likely N-dealkylation sites (tertiary alicyclic amines) is 1. The average Bonchev–Trinajstić information content (AvgIpc) is 3.38. The number of aliphatic hydroxyl groups is 1. The van der Waals surface area contributed by atoms with E-state index in [9.17, 15) is 14.7 Å². The molecule has 2 amide bonds. The third-order valence-corrected chi connectivity index (χ3v) is 10.3. The third kappa shape index (κ3) is 3.75. The second-order valence-electron chi connectivity index (χ2n) is 13.4. The highest BCUT2D eigenvalue weighted by atomic mass is 16.5. The number of hydrogen-bond donors (Lipinski definition) is 1. The molecule has 0 bridgehead atoms.